The van der Waals surface area contributed by atoms with Gasteiger partial charge in [-0.2, -0.15) is 5.10 Å². The Hall–Kier alpha value is -4.16. The molecule has 1 aromatic carbocycles. The lowest BCUT2D eigenvalue weighted by Gasteiger charge is -2.08. The lowest BCUT2D eigenvalue weighted by Crippen LogP contribution is -2.36. The minimum atomic E-state index is -0.929. The van der Waals surface area contributed by atoms with Crippen molar-refractivity contribution in [2.24, 2.45) is 21.6 Å². The molecule has 4 aromatic rings. The zero-order chi connectivity index (χ0) is 24.4. The van der Waals surface area contributed by atoms with Crippen LogP contribution < -0.4 is 16.9 Å². The summed E-state index contributed by atoms with van der Waals surface area (Å²) >= 11 is 12.2. The maximum atomic E-state index is 14.0. The number of rotatable bonds is 6. The van der Waals surface area contributed by atoms with Gasteiger partial charge in [-0.15, -0.1) is 10.2 Å². The number of hydrogen-bond acceptors (Lipinski definition) is 8. The number of aryl methyl sites for hydroxylation is 1. The van der Waals surface area contributed by atoms with Crippen LogP contribution in [0.4, 0.5) is 15.8 Å². The van der Waals surface area contributed by atoms with Crippen LogP contribution in [0.2, 0.25) is 10.0 Å². The Morgan fingerprint density at radius 1 is 1.09 bits per heavy atom. The molecule has 0 aliphatic heterocycles. The fourth-order valence-electron chi connectivity index (χ4n) is 2.91. The highest BCUT2D eigenvalue weighted by Crippen LogP contribution is 2.29. The lowest BCUT2D eigenvalue weighted by molar-refractivity contribution is -0.111. The molecular formula is C20H15Cl2FN10O. The van der Waals surface area contributed by atoms with Crippen LogP contribution in [0.5, 0.6) is 0 Å². The van der Waals surface area contributed by atoms with Crippen molar-refractivity contribution in [3.63, 3.8) is 0 Å². The van der Waals surface area contributed by atoms with Crippen molar-refractivity contribution in [3.8, 4) is 11.5 Å². The van der Waals surface area contributed by atoms with Crippen molar-refractivity contribution in [1.29, 1.82) is 0 Å². The van der Waals surface area contributed by atoms with Crippen molar-refractivity contribution in [3.05, 3.63) is 64.4 Å². The highest BCUT2D eigenvalue weighted by Gasteiger charge is 2.16. The van der Waals surface area contributed by atoms with E-state index in [9.17, 15) is 9.18 Å². The molecule has 0 aliphatic rings. The molecule has 4 rings (SSSR count). The molecule has 14 heteroatoms. The summed E-state index contributed by atoms with van der Waals surface area (Å²) in [6, 6.07) is 7.97. The number of amides is 1. The highest BCUT2D eigenvalue weighted by molar-refractivity contribution is 6.66. The lowest BCUT2D eigenvalue weighted by atomic mass is 10.3. The van der Waals surface area contributed by atoms with Crippen molar-refractivity contribution >= 4 is 57.7 Å². The molecule has 0 spiro atoms. The topological polar surface area (TPSA) is 162 Å². The predicted molar refractivity (Wildman–Crippen MR) is 127 cm³/mol. The Kier molecular flexibility index (Phi) is 6.34. The van der Waals surface area contributed by atoms with Crippen LogP contribution in [0, 0.1) is 12.7 Å². The number of anilines is 1. The molecule has 1 amide bonds. The minimum absolute atomic E-state index is 0.0316. The monoisotopic (exact) mass is 500 g/mol. The quantitative estimate of drug-likeness (QED) is 0.208. The largest absolute Gasteiger partial charge is 0.382 e. The van der Waals surface area contributed by atoms with Crippen molar-refractivity contribution < 1.29 is 9.18 Å². The number of nitrogens with zero attached hydrogens (tertiary/aromatic N) is 7. The molecule has 5 N–H and O–H groups in total. The number of halogens is 3. The van der Waals surface area contributed by atoms with E-state index in [1.54, 1.807) is 37.3 Å². The molecule has 0 fully saturated rings. The molecule has 3 aromatic heterocycles. The number of primary amides is 1. The van der Waals surface area contributed by atoms with E-state index in [-0.39, 0.29) is 32.9 Å². The Bertz CT molecular complexity index is 1450. The first-order chi connectivity index (χ1) is 16.3. The summed E-state index contributed by atoms with van der Waals surface area (Å²) in [5.74, 6) is -1.03. The van der Waals surface area contributed by atoms with Gasteiger partial charge in [0.2, 0.25) is 0 Å². The number of aromatic nitrogens is 5. The smallest absolute Gasteiger partial charge is 0.272 e. The normalized spacial score (nSPS) is 12.2. The first kappa shape index (κ1) is 23.0. The molecule has 172 valence electrons. The Labute approximate surface area is 201 Å². The highest BCUT2D eigenvalue weighted by atomic mass is 35.5. The fraction of sp³-hybridized carbons (Fsp3) is 0.0500. The van der Waals surface area contributed by atoms with Crippen LogP contribution >= 0.6 is 23.2 Å². The molecule has 0 saturated carbocycles. The molecule has 34 heavy (non-hydrogen) atoms. The number of aliphatic imine (C=N–C) groups is 1. The molecule has 0 bridgehead atoms. The number of benzene rings is 1. The second kappa shape index (κ2) is 9.37. The van der Waals surface area contributed by atoms with E-state index in [4.69, 9.17) is 34.7 Å². The Morgan fingerprint density at radius 3 is 2.47 bits per heavy atom. The molecule has 0 saturated heterocycles. The summed E-state index contributed by atoms with van der Waals surface area (Å²) in [7, 11) is 0. The van der Waals surface area contributed by atoms with Gasteiger partial charge >= 0.3 is 0 Å². The molecule has 3 heterocycles. The number of carbonyl (C=O) groups is 1. The van der Waals surface area contributed by atoms with Crippen LogP contribution in [0.3, 0.4) is 0 Å². The average molecular weight is 501 g/mol. The van der Waals surface area contributed by atoms with E-state index >= 15 is 0 Å². The summed E-state index contributed by atoms with van der Waals surface area (Å²) in [6.07, 6.45) is 2.45. The third-order valence-corrected chi connectivity index (χ3v) is 5.14. The fourth-order valence-corrected chi connectivity index (χ4v) is 3.39. The number of pyridine rings is 1. The standard InChI is InChI=1S/C20H15Cl2FN10O/c1-9-26-8-13(23)19-31-32-20(33(9)19)14-6-5-10(7-27-14)28-17(24)16(18(25)34)30-29-15-11(21)3-2-4-12(15)22/h2-8,29H,1H3,(H2,24,28)(H2,25,34)/b30-16+. The number of hydrogen-bond donors (Lipinski definition) is 3. The number of carbonyl (C=O) groups excluding carboxylic acids is 1. The zero-order valence-corrected chi connectivity index (χ0v) is 18.9. The van der Waals surface area contributed by atoms with Gasteiger partial charge in [0.25, 0.3) is 5.91 Å². The zero-order valence-electron chi connectivity index (χ0n) is 17.4. The van der Waals surface area contributed by atoms with E-state index in [0.717, 1.165) is 6.20 Å². The van der Waals surface area contributed by atoms with E-state index in [2.05, 4.69) is 35.7 Å². The molecule has 11 nitrogen and oxygen atoms in total. The first-order valence-corrected chi connectivity index (χ1v) is 10.3. The van der Waals surface area contributed by atoms with Gasteiger partial charge in [0.05, 0.1) is 33.8 Å². The maximum absolute atomic E-state index is 14.0. The van der Waals surface area contributed by atoms with Crippen LogP contribution in [0.1, 0.15) is 5.82 Å². The van der Waals surface area contributed by atoms with Gasteiger partial charge in [-0.1, -0.05) is 29.3 Å². The molecule has 0 atom stereocenters. The van der Waals surface area contributed by atoms with Crippen LogP contribution in [0.15, 0.2) is 52.8 Å². The maximum Gasteiger partial charge on any atom is 0.272 e. The summed E-state index contributed by atoms with van der Waals surface area (Å²) in [4.78, 5) is 24.2. The number of nitrogens with two attached hydrogens (primary N) is 2. The summed E-state index contributed by atoms with van der Waals surface area (Å²) < 4.78 is 15.4. The Balaban J connectivity index is 1.62. The molecule has 0 radical (unpaired) electrons. The molecule has 0 aliphatic carbocycles. The number of hydrazone groups is 1. The SMILES string of the molecule is Cc1ncc(F)c2nnc(-c3ccc(N=C(N)/C(=N\Nc4c(Cl)cccc4Cl)C(N)=O)cn3)n12. The van der Waals surface area contributed by atoms with Gasteiger partial charge < -0.3 is 11.5 Å². The third-order valence-electron chi connectivity index (χ3n) is 4.51. The number of para-hydroxylation sites is 1. The minimum Gasteiger partial charge on any atom is -0.382 e. The van der Waals surface area contributed by atoms with Crippen LogP contribution in [0.25, 0.3) is 17.2 Å². The van der Waals surface area contributed by atoms with Gasteiger partial charge in [0.1, 0.15) is 11.5 Å². The first-order valence-electron chi connectivity index (χ1n) is 9.51. The Morgan fingerprint density at radius 2 is 1.82 bits per heavy atom. The summed E-state index contributed by atoms with van der Waals surface area (Å²) in [5, 5.41) is 12.3. The van der Waals surface area contributed by atoms with Gasteiger partial charge in [-0.25, -0.2) is 14.4 Å². The second-order valence-corrected chi connectivity index (χ2v) is 7.58. The van der Waals surface area contributed by atoms with Gasteiger partial charge in [0, 0.05) is 0 Å². The average Bonchev–Trinajstić information content (AvgIpc) is 3.25. The molecule has 0 unspecified atom stereocenters. The van der Waals surface area contributed by atoms with E-state index in [0.29, 0.717) is 23.0 Å². The number of nitrogens with one attached hydrogen (secondary N) is 1. The van der Waals surface area contributed by atoms with E-state index in [1.165, 1.54) is 10.6 Å². The van der Waals surface area contributed by atoms with Crippen molar-refractivity contribution in [1.82, 2.24) is 24.6 Å². The van der Waals surface area contributed by atoms with Gasteiger partial charge in [-0.3, -0.25) is 19.6 Å². The summed E-state index contributed by atoms with van der Waals surface area (Å²) in [6.45, 7) is 1.69. The number of amidine groups is 1. The predicted octanol–water partition coefficient (Wildman–Crippen LogP) is 2.88. The third kappa shape index (κ3) is 4.49. The molecular weight excluding hydrogens is 486 g/mol. The van der Waals surface area contributed by atoms with Gasteiger partial charge in [0.15, 0.2) is 28.8 Å². The van der Waals surface area contributed by atoms with Crippen molar-refractivity contribution in [2.75, 3.05) is 5.43 Å². The van der Waals surface area contributed by atoms with Crippen LogP contribution in [-0.2, 0) is 4.79 Å². The summed E-state index contributed by atoms with van der Waals surface area (Å²) in [5.41, 5.74) is 14.5. The number of fused-ring (bicyclic) bond motifs is 1. The van der Waals surface area contributed by atoms with E-state index in [1.807, 2.05) is 0 Å². The van der Waals surface area contributed by atoms with Crippen LogP contribution in [-0.4, -0.2) is 42.0 Å². The second-order valence-electron chi connectivity index (χ2n) is 6.77. The van der Waals surface area contributed by atoms with E-state index < -0.39 is 11.7 Å². The van der Waals surface area contributed by atoms with Crippen molar-refractivity contribution in [2.45, 2.75) is 6.92 Å². The van der Waals surface area contributed by atoms with Gasteiger partial charge in [-0.05, 0) is 31.2 Å².